The monoisotopic (exact) mass is 391 g/mol. The summed E-state index contributed by atoms with van der Waals surface area (Å²) in [6.45, 7) is 6.96. The molecule has 0 aliphatic carbocycles. The first-order chi connectivity index (χ1) is 13.7. The van der Waals surface area contributed by atoms with E-state index in [-0.39, 0.29) is 0 Å². The van der Waals surface area contributed by atoms with Crippen molar-refractivity contribution in [1.29, 1.82) is 0 Å². The molecule has 0 radical (unpaired) electrons. The van der Waals surface area contributed by atoms with E-state index < -0.39 is 7.26 Å². The van der Waals surface area contributed by atoms with Crippen LogP contribution in [0, 0.1) is 0 Å². The van der Waals surface area contributed by atoms with Crippen LogP contribution >= 0.6 is 7.26 Å². The molecule has 2 heteroatoms. The Bertz CT molecular complexity index is 805. The number of hydrogen-bond donors (Lipinski definition) is 0. The first kappa shape index (κ1) is 20.8. The summed E-state index contributed by atoms with van der Waals surface area (Å²) in [7, 11) is 0.206. The quantitative estimate of drug-likeness (QED) is 0.368. The van der Waals surface area contributed by atoms with Crippen molar-refractivity contribution in [1.82, 2.24) is 4.90 Å². The Morgan fingerprint density at radius 3 is 1.82 bits per heavy atom. The molecule has 148 valence electrons. The Kier molecular flexibility index (Phi) is 7.43. The maximum atomic E-state index is 2.51. The summed E-state index contributed by atoms with van der Waals surface area (Å²) in [5, 5.41) is 4.49. The Morgan fingerprint density at radius 1 is 0.714 bits per heavy atom. The van der Waals surface area contributed by atoms with Gasteiger partial charge in [-0.1, -0.05) is 0 Å². The van der Waals surface area contributed by atoms with E-state index in [9.17, 15) is 0 Å². The Balaban J connectivity index is 2.03. The van der Waals surface area contributed by atoms with Gasteiger partial charge in [0.05, 0.1) is 0 Å². The zero-order valence-corrected chi connectivity index (χ0v) is 18.6. The van der Waals surface area contributed by atoms with Gasteiger partial charge in [-0.15, -0.1) is 0 Å². The summed E-state index contributed by atoms with van der Waals surface area (Å²) in [5.74, 6) is 0. The maximum absolute atomic E-state index is 2.51. The SMILES string of the molecule is CCCCCN(C)Cc1ccccc1[PH](C)(c1ccccc1)c1ccccc1. The molecule has 0 spiro atoms. The summed E-state index contributed by atoms with van der Waals surface area (Å²) < 4.78 is 0. The van der Waals surface area contributed by atoms with E-state index in [0.717, 1.165) is 13.1 Å². The van der Waals surface area contributed by atoms with Crippen molar-refractivity contribution in [3.8, 4) is 0 Å². The van der Waals surface area contributed by atoms with E-state index in [4.69, 9.17) is 0 Å². The molecule has 0 fully saturated rings. The van der Waals surface area contributed by atoms with Gasteiger partial charge in [0.25, 0.3) is 0 Å². The number of rotatable bonds is 9. The molecule has 3 aromatic rings. The minimum atomic E-state index is -2.05. The molecule has 28 heavy (non-hydrogen) atoms. The van der Waals surface area contributed by atoms with Gasteiger partial charge >= 0.3 is 172 Å². The van der Waals surface area contributed by atoms with Crippen LogP contribution < -0.4 is 15.9 Å². The normalized spacial score (nSPS) is 12.3. The van der Waals surface area contributed by atoms with Gasteiger partial charge in [-0.3, -0.25) is 0 Å². The zero-order chi connectivity index (χ0) is 19.8. The summed E-state index contributed by atoms with van der Waals surface area (Å²) in [5.41, 5.74) is 1.48. The van der Waals surface area contributed by atoms with E-state index in [2.05, 4.69) is 110 Å². The molecule has 0 aliphatic rings. The number of benzene rings is 3. The van der Waals surface area contributed by atoms with Crippen LogP contribution in [0.4, 0.5) is 0 Å². The average Bonchev–Trinajstić information content (AvgIpc) is 2.75. The third kappa shape index (κ3) is 4.72. The topological polar surface area (TPSA) is 3.24 Å². The van der Waals surface area contributed by atoms with Gasteiger partial charge in [0.1, 0.15) is 0 Å². The van der Waals surface area contributed by atoms with Crippen LogP contribution in [-0.4, -0.2) is 25.2 Å². The first-order valence-electron chi connectivity index (χ1n) is 10.5. The van der Waals surface area contributed by atoms with E-state index in [1.54, 1.807) is 0 Å². The molecule has 0 aromatic heterocycles. The fourth-order valence-electron chi connectivity index (χ4n) is 4.17. The van der Waals surface area contributed by atoms with Gasteiger partial charge < -0.3 is 0 Å². The summed E-state index contributed by atoms with van der Waals surface area (Å²) in [4.78, 5) is 2.49. The molecule has 3 rings (SSSR count). The average molecular weight is 392 g/mol. The van der Waals surface area contributed by atoms with Gasteiger partial charge in [0.15, 0.2) is 0 Å². The predicted octanol–water partition coefficient (Wildman–Crippen LogP) is 4.96. The number of hydrogen-bond acceptors (Lipinski definition) is 1. The summed E-state index contributed by atoms with van der Waals surface area (Å²) in [6.07, 6.45) is 3.87. The second-order valence-electron chi connectivity index (χ2n) is 7.96. The number of nitrogens with zero attached hydrogens (tertiary/aromatic N) is 1. The summed E-state index contributed by atoms with van der Waals surface area (Å²) >= 11 is 0. The van der Waals surface area contributed by atoms with Gasteiger partial charge in [0.2, 0.25) is 0 Å². The fourth-order valence-corrected chi connectivity index (χ4v) is 8.08. The van der Waals surface area contributed by atoms with Gasteiger partial charge in [-0.2, -0.15) is 0 Å². The Hall–Kier alpha value is -1.95. The van der Waals surface area contributed by atoms with Crippen molar-refractivity contribution in [2.45, 2.75) is 32.7 Å². The first-order valence-corrected chi connectivity index (χ1v) is 13.0. The molecule has 0 heterocycles. The Morgan fingerprint density at radius 2 is 1.25 bits per heavy atom. The molecule has 0 amide bonds. The molecule has 0 saturated carbocycles. The molecule has 0 aliphatic heterocycles. The van der Waals surface area contributed by atoms with Crippen molar-refractivity contribution in [3.63, 3.8) is 0 Å². The van der Waals surface area contributed by atoms with Crippen molar-refractivity contribution in [2.24, 2.45) is 0 Å². The van der Waals surface area contributed by atoms with Gasteiger partial charge in [-0.25, -0.2) is 0 Å². The van der Waals surface area contributed by atoms with Crippen LogP contribution in [0.1, 0.15) is 31.7 Å². The Labute approximate surface area is 171 Å². The van der Waals surface area contributed by atoms with Crippen molar-refractivity contribution < 1.29 is 0 Å². The molecule has 3 aromatic carbocycles. The van der Waals surface area contributed by atoms with E-state index in [0.29, 0.717) is 0 Å². The molecule has 0 saturated heterocycles. The predicted molar refractivity (Wildman–Crippen MR) is 128 cm³/mol. The van der Waals surface area contributed by atoms with Crippen molar-refractivity contribution in [3.05, 3.63) is 90.5 Å². The van der Waals surface area contributed by atoms with Crippen molar-refractivity contribution in [2.75, 3.05) is 20.3 Å². The summed E-state index contributed by atoms with van der Waals surface area (Å²) in [6, 6.07) is 31.4. The second-order valence-corrected chi connectivity index (χ2v) is 11.9. The molecular weight excluding hydrogens is 357 g/mol. The van der Waals surface area contributed by atoms with Crippen molar-refractivity contribution >= 4 is 23.2 Å². The second kappa shape index (κ2) is 10.0. The molecule has 0 bridgehead atoms. The molecule has 0 N–H and O–H groups in total. The van der Waals surface area contributed by atoms with Crippen LogP contribution in [-0.2, 0) is 6.54 Å². The standard InChI is InChI=1S/C26H34NP/c1-4-5-14-21-27(2)22-23-15-12-13-20-26(23)28(3,24-16-8-6-9-17-24)25-18-10-7-11-19-25/h6-13,15-20,28H,4-5,14,21-22H2,1-3H3. The molecular formula is C26H34NP. The molecule has 0 unspecified atom stereocenters. The number of unbranched alkanes of at least 4 members (excludes halogenated alkanes) is 2. The van der Waals surface area contributed by atoms with Crippen LogP contribution in [0.3, 0.4) is 0 Å². The van der Waals surface area contributed by atoms with E-state index in [1.165, 1.54) is 40.7 Å². The third-order valence-corrected chi connectivity index (χ3v) is 10.4. The fraction of sp³-hybridized carbons (Fsp3) is 0.308. The van der Waals surface area contributed by atoms with E-state index in [1.807, 2.05) is 0 Å². The van der Waals surface area contributed by atoms with Crippen LogP contribution in [0.2, 0.25) is 0 Å². The molecule has 0 atom stereocenters. The van der Waals surface area contributed by atoms with Crippen LogP contribution in [0.15, 0.2) is 84.9 Å². The third-order valence-electron chi connectivity index (χ3n) is 5.84. The van der Waals surface area contributed by atoms with Gasteiger partial charge in [-0.05, 0) is 0 Å². The van der Waals surface area contributed by atoms with Crippen LogP contribution in [0.25, 0.3) is 0 Å². The van der Waals surface area contributed by atoms with Gasteiger partial charge in [0, 0.05) is 0 Å². The molecule has 1 nitrogen and oxygen atoms in total. The van der Waals surface area contributed by atoms with E-state index >= 15 is 0 Å². The minimum absolute atomic E-state index is 1.02. The van der Waals surface area contributed by atoms with Crippen LogP contribution in [0.5, 0.6) is 0 Å². The zero-order valence-electron chi connectivity index (χ0n) is 17.6.